The number of unbranched alkanes of at least 4 members (excludes halogenated alkanes) is 1. The Morgan fingerprint density at radius 3 is 2.31 bits per heavy atom. The molecule has 0 aromatic heterocycles. The number of ether oxygens (including phenoxy) is 1. The van der Waals surface area contributed by atoms with E-state index in [0.717, 1.165) is 24.0 Å². The summed E-state index contributed by atoms with van der Waals surface area (Å²) in [5.41, 5.74) is 2.28. The number of alkyl carbamates (subject to hydrolysis) is 1. The molecule has 0 fully saturated rings. The normalized spacial score (nSPS) is 12.8. The van der Waals surface area contributed by atoms with Crippen molar-refractivity contribution in [3.63, 3.8) is 0 Å². The molecule has 4 N–H and O–H groups in total. The molecule has 0 aliphatic rings. The molecular weight excluding hydrogens is 498 g/mol. The first-order valence-corrected chi connectivity index (χ1v) is 13.4. The number of aromatic hydroxyl groups is 1. The van der Waals surface area contributed by atoms with Crippen LogP contribution in [0.25, 0.3) is 0 Å². The summed E-state index contributed by atoms with van der Waals surface area (Å²) in [7, 11) is 0. The minimum Gasteiger partial charge on any atom is -0.508 e. The molecule has 0 aliphatic heterocycles. The van der Waals surface area contributed by atoms with Crippen LogP contribution in [-0.4, -0.2) is 64.4 Å². The van der Waals surface area contributed by atoms with Gasteiger partial charge in [0.2, 0.25) is 11.8 Å². The van der Waals surface area contributed by atoms with Gasteiger partial charge in [-0.2, -0.15) is 0 Å². The van der Waals surface area contributed by atoms with Gasteiger partial charge in [0.15, 0.2) is 0 Å². The molecule has 0 aliphatic carbocycles. The maximum atomic E-state index is 14.2. The number of rotatable bonds is 12. The number of phenols is 1. The number of aryl methyl sites for hydroxylation is 2. The third-order valence-corrected chi connectivity index (χ3v) is 6.11. The molecule has 0 radical (unpaired) electrons. The highest BCUT2D eigenvalue weighted by molar-refractivity contribution is 5.92. The minimum absolute atomic E-state index is 0.0716. The molecule has 2 unspecified atom stereocenters. The van der Waals surface area contributed by atoms with Crippen LogP contribution in [0.5, 0.6) is 5.75 Å². The van der Waals surface area contributed by atoms with Gasteiger partial charge >= 0.3 is 6.09 Å². The molecule has 3 amide bonds. The van der Waals surface area contributed by atoms with Crippen LogP contribution in [0.1, 0.15) is 68.8 Å². The smallest absolute Gasteiger partial charge is 0.408 e. The van der Waals surface area contributed by atoms with Crippen molar-refractivity contribution in [1.82, 2.24) is 15.5 Å². The maximum Gasteiger partial charge on any atom is 0.408 e. The summed E-state index contributed by atoms with van der Waals surface area (Å²) in [5.74, 6) is -0.832. The number of hydrogen-bond acceptors (Lipinski definition) is 6. The number of carbonyl (C=O) groups is 3. The number of amides is 3. The van der Waals surface area contributed by atoms with Gasteiger partial charge < -0.3 is 30.5 Å². The average Bonchev–Trinajstić information content (AvgIpc) is 2.85. The SMILES string of the molecule is CCCCNC(=O)C(c1cc(C)ccc1C)N(CCO)C(=O)C(Cc1ccc(O)cc1)NC(=O)OC(C)(C)C. The van der Waals surface area contributed by atoms with Crippen LogP contribution in [0.2, 0.25) is 0 Å². The van der Waals surface area contributed by atoms with E-state index in [0.29, 0.717) is 17.7 Å². The molecule has 214 valence electrons. The molecule has 0 spiro atoms. The lowest BCUT2D eigenvalue weighted by Gasteiger charge is -2.35. The summed E-state index contributed by atoms with van der Waals surface area (Å²) < 4.78 is 5.42. The number of benzene rings is 2. The van der Waals surface area contributed by atoms with Crippen LogP contribution in [0, 0.1) is 13.8 Å². The number of aliphatic hydroxyl groups is 1. The van der Waals surface area contributed by atoms with Crippen molar-refractivity contribution in [2.75, 3.05) is 19.7 Å². The van der Waals surface area contributed by atoms with E-state index in [4.69, 9.17) is 4.74 Å². The number of nitrogens with zero attached hydrogens (tertiary/aromatic N) is 1. The second-order valence-corrected chi connectivity index (χ2v) is 10.7. The molecule has 2 atom stereocenters. The lowest BCUT2D eigenvalue weighted by atomic mass is 9.95. The van der Waals surface area contributed by atoms with E-state index in [9.17, 15) is 24.6 Å². The van der Waals surface area contributed by atoms with Crippen LogP contribution in [-0.2, 0) is 20.7 Å². The number of phenolic OH excluding ortho intramolecular Hbond substituents is 1. The second kappa shape index (κ2) is 14.5. The highest BCUT2D eigenvalue weighted by Crippen LogP contribution is 2.27. The average molecular weight is 542 g/mol. The molecule has 9 heteroatoms. The van der Waals surface area contributed by atoms with E-state index in [1.165, 1.54) is 17.0 Å². The van der Waals surface area contributed by atoms with Crippen LogP contribution < -0.4 is 10.6 Å². The monoisotopic (exact) mass is 541 g/mol. The summed E-state index contributed by atoms with van der Waals surface area (Å²) in [6, 6.07) is 9.87. The van der Waals surface area contributed by atoms with Gasteiger partial charge in [0, 0.05) is 19.5 Å². The molecule has 2 aromatic carbocycles. The Bertz CT molecular complexity index is 1110. The third-order valence-electron chi connectivity index (χ3n) is 6.11. The van der Waals surface area contributed by atoms with Crippen LogP contribution in [0.15, 0.2) is 42.5 Å². The Morgan fingerprint density at radius 2 is 1.72 bits per heavy atom. The van der Waals surface area contributed by atoms with Gasteiger partial charge in [-0.3, -0.25) is 9.59 Å². The van der Waals surface area contributed by atoms with Crippen molar-refractivity contribution in [3.8, 4) is 5.75 Å². The van der Waals surface area contributed by atoms with E-state index >= 15 is 0 Å². The Balaban J connectivity index is 2.54. The molecule has 9 nitrogen and oxygen atoms in total. The van der Waals surface area contributed by atoms with Crippen LogP contribution in [0.4, 0.5) is 4.79 Å². The van der Waals surface area contributed by atoms with E-state index < -0.39 is 29.7 Å². The zero-order valence-electron chi connectivity index (χ0n) is 23.9. The second-order valence-electron chi connectivity index (χ2n) is 10.7. The van der Waals surface area contributed by atoms with E-state index in [1.54, 1.807) is 32.9 Å². The first-order valence-electron chi connectivity index (χ1n) is 13.4. The predicted octanol–water partition coefficient (Wildman–Crippen LogP) is 3.92. The van der Waals surface area contributed by atoms with E-state index in [2.05, 4.69) is 10.6 Å². The van der Waals surface area contributed by atoms with E-state index in [1.807, 2.05) is 39.0 Å². The largest absolute Gasteiger partial charge is 0.508 e. The van der Waals surface area contributed by atoms with Crippen molar-refractivity contribution in [2.45, 2.75) is 78.5 Å². The maximum absolute atomic E-state index is 14.2. The van der Waals surface area contributed by atoms with Gasteiger partial charge in [0.1, 0.15) is 23.4 Å². The fourth-order valence-electron chi connectivity index (χ4n) is 4.18. The van der Waals surface area contributed by atoms with Crippen LogP contribution >= 0.6 is 0 Å². The molecule has 0 saturated carbocycles. The van der Waals surface area contributed by atoms with Gasteiger partial charge in [-0.25, -0.2) is 4.79 Å². The van der Waals surface area contributed by atoms with Crippen LogP contribution in [0.3, 0.4) is 0 Å². The van der Waals surface area contributed by atoms with Crippen molar-refractivity contribution in [2.24, 2.45) is 0 Å². The summed E-state index contributed by atoms with van der Waals surface area (Å²) in [6.07, 6.45) is 0.974. The fourth-order valence-corrected chi connectivity index (χ4v) is 4.18. The number of aliphatic hydroxyl groups excluding tert-OH is 1. The fraction of sp³-hybridized carbons (Fsp3) is 0.500. The number of hydrogen-bond donors (Lipinski definition) is 4. The lowest BCUT2D eigenvalue weighted by molar-refractivity contribution is -0.143. The van der Waals surface area contributed by atoms with Crippen molar-refractivity contribution >= 4 is 17.9 Å². The topological polar surface area (TPSA) is 128 Å². The first kappa shape index (κ1) is 31.6. The van der Waals surface area contributed by atoms with E-state index in [-0.39, 0.29) is 31.2 Å². The van der Waals surface area contributed by atoms with Gasteiger partial charge in [-0.05, 0) is 69.9 Å². The van der Waals surface area contributed by atoms with Gasteiger partial charge in [0.25, 0.3) is 0 Å². The summed E-state index contributed by atoms with van der Waals surface area (Å²) in [6.45, 7) is 10.9. The zero-order valence-corrected chi connectivity index (χ0v) is 23.9. The summed E-state index contributed by atoms with van der Waals surface area (Å²) in [4.78, 5) is 41.9. The van der Waals surface area contributed by atoms with Crippen molar-refractivity contribution in [3.05, 3.63) is 64.7 Å². The predicted molar refractivity (Wildman–Crippen MR) is 150 cm³/mol. The highest BCUT2D eigenvalue weighted by Gasteiger charge is 2.36. The Kier molecular flexibility index (Phi) is 11.8. The molecule has 2 rings (SSSR count). The minimum atomic E-state index is -1.10. The van der Waals surface area contributed by atoms with Gasteiger partial charge in [0.05, 0.1) is 6.61 Å². The zero-order chi connectivity index (χ0) is 29.2. The Morgan fingerprint density at radius 1 is 1.05 bits per heavy atom. The number of carbonyl (C=O) groups excluding carboxylic acids is 3. The third kappa shape index (κ3) is 9.90. The van der Waals surface area contributed by atoms with Gasteiger partial charge in [-0.15, -0.1) is 0 Å². The molecule has 0 saturated heterocycles. The molecule has 39 heavy (non-hydrogen) atoms. The summed E-state index contributed by atoms with van der Waals surface area (Å²) in [5, 5.41) is 25.3. The molecular formula is C30H43N3O6. The van der Waals surface area contributed by atoms with Crippen molar-refractivity contribution in [1.29, 1.82) is 0 Å². The Labute approximate surface area is 231 Å². The Hall–Kier alpha value is -3.59. The van der Waals surface area contributed by atoms with Crippen molar-refractivity contribution < 1.29 is 29.3 Å². The number of nitrogens with one attached hydrogen (secondary N) is 2. The first-order chi connectivity index (χ1) is 18.4. The molecule has 0 bridgehead atoms. The highest BCUT2D eigenvalue weighted by atomic mass is 16.6. The standard InChI is InChI=1S/C30H43N3O6/c1-7-8-15-31-27(36)26(24-18-20(2)9-10-21(24)3)33(16-17-34)28(37)25(32-29(38)39-30(4,5)6)19-22-11-13-23(35)14-12-22/h9-14,18,25-26,34-35H,7-8,15-17,19H2,1-6H3,(H,31,36)(H,32,38). The lowest BCUT2D eigenvalue weighted by Crippen LogP contribution is -2.54. The molecule has 0 heterocycles. The molecule has 2 aromatic rings. The summed E-state index contributed by atoms with van der Waals surface area (Å²) >= 11 is 0. The quantitative estimate of drug-likeness (QED) is 0.302. The van der Waals surface area contributed by atoms with Gasteiger partial charge in [-0.1, -0.05) is 49.2 Å².